The summed E-state index contributed by atoms with van der Waals surface area (Å²) in [4.78, 5) is 3.21. The molecule has 0 aliphatic heterocycles. The standard InChI is InChI=1S/C16H21NO/c18-16(11-12-5-2-1-3-6-12)14-7-4-8-15-13(14)9-10-17-15/h4,7-10,12,16-18H,1-3,5-6,11H2. The molecule has 1 aromatic carbocycles. The highest BCUT2D eigenvalue weighted by molar-refractivity contribution is 5.83. The lowest BCUT2D eigenvalue weighted by atomic mass is 9.84. The summed E-state index contributed by atoms with van der Waals surface area (Å²) in [5.41, 5.74) is 2.20. The highest BCUT2D eigenvalue weighted by Crippen LogP contribution is 2.33. The second-order valence-corrected chi connectivity index (χ2v) is 5.54. The van der Waals surface area contributed by atoms with Crippen LogP contribution in [0.1, 0.15) is 50.2 Å². The second kappa shape index (κ2) is 5.15. The smallest absolute Gasteiger partial charge is 0.0799 e. The van der Waals surface area contributed by atoms with Gasteiger partial charge in [-0.3, -0.25) is 0 Å². The van der Waals surface area contributed by atoms with E-state index in [1.165, 1.54) is 37.5 Å². The maximum Gasteiger partial charge on any atom is 0.0799 e. The summed E-state index contributed by atoms with van der Waals surface area (Å²) in [5, 5.41) is 11.6. The van der Waals surface area contributed by atoms with Crippen LogP contribution < -0.4 is 0 Å². The molecule has 2 nitrogen and oxygen atoms in total. The number of rotatable bonds is 3. The third kappa shape index (κ3) is 2.30. The topological polar surface area (TPSA) is 36.0 Å². The van der Waals surface area contributed by atoms with Gasteiger partial charge in [0, 0.05) is 17.1 Å². The molecular formula is C16H21NO. The largest absolute Gasteiger partial charge is 0.388 e. The number of hydrogen-bond donors (Lipinski definition) is 2. The molecule has 0 bridgehead atoms. The SMILES string of the molecule is OC(CC1CCCCC1)c1cccc2[nH]ccc12. The number of aromatic nitrogens is 1. The van der Waals surface area contributed by atoms with Gasteiger partial charge in [0.25, 0.3) is 0 Å². The number of H-pyrrole nitrogens is 1. The molecule has 2 heteroatoms. The van der Waals surface area contributed by atoms with Gasteiger partial charge in [0.05, 0.1) is 6.10 Å². The van der Waals surface area contributed by atoms with Crippen molar-refractivity contribution in [3.63, 3.8) is 0 Å². The van der Waals surface area contributed by atoms with Crippen LogP contribution >= 0.6 is 0 Å². The van der Waals surface area contributed by atoms with E-state index < -0.39 is 0 Å². The van der Waals surface area contributed by atoms with Crippen LogP contribution in [-0.4, -0.2) is 10.1 Å². The molecule has 96 valence electrons. The number of nitrogens with one attached hydrogen (secondary N) is 1. The number of hydrogen-bond acceptors (Lipinski definition) is 1. The van der Waals surface area contributed by atoms with E-state index in [0.29, 0.717) is 5.92 Å². The van der Waals surface area contributed by atoms with Crippen LogP contribution in [0.5, 0.6) is 0 Å². The van der Waals surface area contributed by atoms with E-state index in [0.717, 1.165) is 17.5 Å². The van der Waals surface area contributed by atoms with Crippen LogP contribution in [0.3, 0.4) is 0 Å². The molecule has 2 aromatic rings. The van der Waals surface area contributed by atoms with E-state index in [-0.39, 0.29) is 6.10 Å². The van der Waals surface area contributed by atoms with Gasteiger partial charge in [-0.2, -0.15) is 0 Å². The van der Waals surface area contributed by atoms with Crippen LogP contribution in [0.15, 0.2) is 30.5 Å². The lowest BCUT2D eigenvalue weighted by Gasteiger charge is -2.24. The molecule has 0 saturated heterocycles. The Balaban J connectivity index is 1.78. The van der Waals surface area contributed by atoms with E-state index in [4.69, 9.17) is 0 Å². The third-order valence-electron chi connectivity index (χ3n) is 4.27. The minimum absolute atomic E-state index is 0.312. The van der Waals surface area contributed by atoms with Gasteiger partial charge in [0.15, 0.2) is 0 Å². The molecule has 18 heavy (non-hydrogen) atoms. The first-order valence-electron chi connectivity index (χ1n) is 7.08. The average molecular weight is 243 g/mol. The summed E-state index contributed by atoms with van der Waals surface area (Å²) in [7, 11) is 0. The second-order valence-electron chi connectivity index (χ2n) is 5.54. The summed E-state index contributed by atoms with van der Waals surface area (Å²) < 4.78 is 0. The van der Waals surface area contributed by atoms with Crippen LogP contribution in [-0.2, 0) is 0 Å². The molecule has 3 rings (SSSR count). The van der Waals surface area contributed by atoms with Crippen LogP contribution in [0.25, 0.3) is 10.9 Å². The molecule has 1 fully saturated rings. The van der Waals surface area contributed by atoms with E-state index in [1.807, 2.05) is 12.3 Å². The molecule has 0 amide bonds. The molecule has 0 radical (unpaired) electrons. The average Bonchev–Trinajstić information content (AvgIpc) is 2.87. The molecule has 1 saturated carbocycles. The van der Waals surface area contributed by atoms with Gasteiger partial charge < -0.3 is 10.1 Å². The Morgan fingerprint density at radius 2 is 2.00 bits per heavy atom. The number of aliphatic hydroxyl groups is 1. The molecule has 1 heterocycles. The van der Waals surface area contributed by atoms with Crippen molar-refractivity contribution in [2.24, 2.45) is 5.92 Å². The maximum absolute atomic E-state index is 10.5. The zero-order valence-electron chi connectivity index (χ0n) is 10.7. The Bertz CT molecular complexity index is 511. The van der Waals surface area contributed by atoms with E-state index in [9.17, 15) is 5.11 Å². The van der Waals surface area contributed by atoms with Gasteiger partial charge >= 0.3 is 0 Å². The first-order chi connectivity index (χ1) is 8.84. The van der Waals surface area contributed by atoms with Gasteiger partial charge in [-0.05, 0) is 30.0 Å². The van der Waals surface area contributed by atoms with E-state index in [1.54, 1.807) is 0 Å². The molecule has 1 atom stereocenters. The van der Waals surface area contributed by atoms with Crippen molar-refractivity contribution in [1.29, 1.82) is 0 Å². The Morgan fingerprint density at radius 3 is 2.83 bits per heavy atom. The summed E-state index contributed by atoms with van der Waals surface area (Å²) in [6.07, 6.45) is 9.19. The van der Waals surface area contributed by atoms with Crippen LogP contribution in [0.2, 0.25) is 0 Å². The number of aliphatic hydroxyl groups excluding tert-OH is 1. The lowest BCUT2D eigenvalue weighted by molar-refractivity contribution is 0.132. The molecule has 1 aliphatic carbocycles. The molecule has 0 spiro atoms. The van der Waals surface area contributed by atoms with Crippen molar-refractivity contribution in [3.05, 3.63) is 36.0 Å². The summed E-state index contributed by atoms with van der Waals surface area (Å²) in [5.74, 6) is 0.711. The van der Waals surface area contributed by atoms with Crippen molar-refractivity contribution in [2.45, 2.75) is 44.6 Å². The quantitative estimate of drug-likeness (QED) is 0.833. The van der Waals surface area contributed by atoms with Gasteiger partial charge in [-0.25, -0.2) is 0 Å². The van der Waals surface area contributed by atoms with E-state index >= 15 is 0 Å². The molecule has 2 N–H and O–H groups in total. The minimum Gasteiger partial charge on any atom is -0.388 e. The van der Waals surface area contributed by atoms with Crippen LogP contribution in [0, 0.1) is 5.92 Å². The van der Waals surface area contributed by atoms with Crippen molar-refractivity contribution in [2.75, 3.05) is 0 Å². The van der Waals surface area contributed by atoms with Crippen molar-refractivity contribution in [1.82, 2.24) is 4.98 Å². The zero-order valence-corrected chi connectivity index (χ0v) is 10.7. The lowest BCUT2D eigenvalue weighted by Crippen LogP contribution is -2.11. The monoisotopic (exact) mass is 243 g/mol. The normalized spacial score (nSPS) is 19.2. The van der Waals surface area contributed by atoms with Crippen molar-refractivity contribution in [3.8, 4) is 0 Å². The summed E-state index contributed by atoms with van der Waals surface area (Å²) >= 11 is 0. The number of benzene rings is 1. The summed E-state index contributed by atoms with van der Waals surface area (Å²) in [6.45, 7) is 0. The fraction of sp³-hybridized carbons (Fsp3) is 0.500. The predicted octanol–water partition coefficient (Wildman–Crippen LogP) is 4.17. The Kier molecular flexibility index (Phi) is 3.37. The van der Waals surface area contributed by atoms with Crippen LogP contribution in [0.4, 0.5) is 0 Å². The molecule has 1 aromatic heterocycles. The fourth-order valence-corrected chi connectivity index (χ4v) is 3.27. The first-order valence-corrected chi connectivity index (χ1v) is 7.08. The van der Waals surface area contributed by atoms with E-state index in [2.05, 4.69) is 23.2 Å². The third-order valence-corrected chi connectivity index (χ3v) is 4.27. The Labute approximate surface area is 108 Å². The molecule has 1 aliphatic rings. The first kappa shape index (κ1) is 11.8. The summed E-state index contributed by atoms with van der Waals surface area (Å²) in [6, 6.07) is 8.21. The Hall–Kier alpha value is -1.28. The van der Waals surface area contributed by atoms with Gasteiger partial charge in [-0.1, -0.05) is 44.2 Å². The van der Waals surface area contributed by atoms with Crippen molar-refractivity contribution >= 4 is 10.9 Å². The van der Waals surface area contributed by atoms with Gasteiger partial charge in [-0.15, -0.1) is 0 Å². The minimum atomic E-state index is -0.312. The maximum atomic E-state index is 10.5. The molecular weight excluding hydrogens is 222 g/mol. The number of aromatic amines is 1. The number of fused-ring (bicyclic) bond motifs is 1. The zero-order chi connectivity index (χ0) is 12.4. The predicted molar refractivity (Wildman–Crippen MR) is 74.5 cm³/mol. The highest BCUT2D eigenvalue weighted by Gasteiger charge is 2.19. The van der Waals surface area contributed by atoms with Gasteiger partial charge in [0.1, 0.15) is 0 Å². The molecule has 1 unspecified atom stereocenters. The van der Waals surface area contributed by atoms with Crippen molar-refractivity contribution < 1.29 is 5.11 Å². The fourth-order valence-electron chi connectivity index (χ4n) is 3.27. The Morgan fingerprint density at radius 1 is 1.17 bits per heavy atom. The highest BCUT2D eigenvalue weighted by atomic mass is 16.3. The van der Waals surface area contributed by atoms with Gasteiger partial charge in [0.2, 0.25) is 0 Å².